The molecule has 2 atom stereocenters. The van der Waals surface area contributed by atoms with Gasteiger partial charge in [0.25, 0.3) is 0 Å². The Labute approximate surface area is 61.2 Å². The smallest absolute Gasteiger partial charge is 0.118 e. The van der Waals surface area contributed by atoms with Gasteiger partial charge in [-0.2, -0.15) is 0 Å². The maximum atomic E-state index is 12.8. The third kappa shape index (κ3) is 1.92. The molecule has 3 heteroatoms. The minimum atomic E-state index is -0.640. The molecule has 1 heterocycles. The topological polar surface area (TPSA) is 24.1 Å². The van der Waals surface area contributed by atoms with Crippen LogP contribution in [0.4, 0.5) is 4.39 Å². The van der Waals surface area contributed by atoms with Gasteiger partial charge in [0.05, 0.1) is 0 Å². The molecule has 1 fully saturated rings. The van der Waals surface area contributed by atoms with Crippen molar-refractivity contribution in [2.45, 2.75) is 13.1 Å². The molecule has 1 saturated heterocycles. The second-order valence-electron chi connectivity index (χ2n) is 2.74. The molecule has 1 rings (SSSR count). The summed E-state index contributed by atoms with van der Waals surface area (Å²) in [7, 11) is 0. The highest BCUT2D eigenvalue weighted by atomic mass is 19.1. The van der Waals surface area contributed by atoms with Crippen LogP contribution in [0, 0.1) is 5.92 Å². The lowest BCUT2D eigenvalue weighted by molar-refractivity contribution is 0.278. The predicted octanol–water partition coefficient (Wildman–Crippen LogP) is 0.153. The fraction of sp³-hybridized carbons (Fsp3) is 1.00. The molecule has 0 aromatic rings. The molecule has 10 heavy (non-hydrogen) atoms. The number of hydrogen-bond acceptors (Lipinski definition) is 2. The number of rotatable bonds is 3. The summed E-state index contributed by atoms with van der Waals surface area (Å²) >= 11 is 0. The Bertz CT molecular complexity index is 97.6. The van der Waals surface area contributed by atoms with E-state index in [1.807, 2.05) is 6.92 Å². The summed E-state index contributed by atoms with van der Waals surface area (Å²) in [5, 5.41) is 6.16. The average Bonchev–Trinajstić information content (AvgIpc) is 2.31. The van der Waals surface area contributed by atoms with Crippen LogP contribution in [-0.2, 0) is 0 Å². The third-order valence-corrected chi connectivity index (χ3v) is 1.91. The largest absolute Gasteiger partial charge is 0.317 e. The summed E-state index contributed by atoms with van der Waals surface area (Å²) in [6.07, 6.45) is -0.640. The minimum Gasteiger partial charge on any atom is -0.317 e. The Balaban J connectivity index is 2.14. The van der Waals surface area contributed by atoms with Gasteiger partial charge in [0, 0.05) is 25.6 Å². The molecule has 2 N–H and O–H groups in total. The Morgan fingerprint density at radius 3 is 2.90 bits per heavy atom. The van der Waals surface area contributed by atoms with Gasteiger partial charge < -0.3 is 10.6 Å². The summed E-state index contributed by atoms with van der Waals surface area (Å²) in [5.74, 6) is 0.194. The van der Waals surface area contributed by atoms with Crippen molar-refractivity contribution in [2.75, 3.05) is 26.2 Å². The lowest BCUT2D eigenvalue weighted by Gasteiger charge is -2.10. The molecule has 60 valence electrons. The van der Waals surface area contributed by atoms with Crippen LogP contribution in [0.2, 0.25) is 0 Å². The monoisotopic (exact) mass is 146 g/mol. The Morgan fingerprint density at radius 1 is 1.60 bits per heavy atom. The lowest BCUT2D eigenvalue weighted by atomic mass is 10.1. The molecule has 1 aliphatic heterocycles. The van der Waals surface area contributed by atoms with Gasteiger partial charge in [-0.3, -0.25) is 0 Å². The van der Waals surface area contributed by atoms with Crippen LogP contribution >= 0.6 is 0 Å². The summed E-state index contributed by atoms with van der Waals surface area (Å²) in [6.45, 7) is 5.15. The standard InChI is InChI=1S/C7H15FN2/c1-2-9-3-6-4-10-5-7(6)8/h6-7,9-10H,2-5H2,1H3. The van der Waals surface area contributed by atoms with E-state index >= 15 is 0 Å². The van der Waals surface area contributed by atoms with E-state index in [1.54, 1.807) is 0 Å². The first-order valence-electron chi connectivity index (χ1n) is 3.90. The van der Waals surface area contributed by atoms with E-state index in [0.717, 1.165) is 19.6 Å². The maximum absolute atomic E-state index is 12.8. The number of nitrogens with one attached hydrogen (secondary N) is 2. The van der Waals surface area contributed by atoms with Crippen molar-refractivity contribution in [1.29, 1.82) is 0 Å². The molecule has 0 amide bonds. The minimum absolute atomic E-state index is 0.194. The fourth-order valence-corrected chi connectivity index (χ4v) is 1.23. The molecule has 0 spiro atoms. The zero-order chi connectivity index (χ0) is 7.40. The molecule has 2 nitrogen and oxygen atoms in total. The van der Waals surface area contributed by atoms with Crippen molar-refractivity contribution in [3.05, 3.63) is 0 Å². The highest BCUT2D eigenvalue weighted by Crippen LogP contribution is 2.10. The van der Waals surface area contributed by atoms with Gasteiger partial charge in [-0.15, -0.1) is 0 Å². The summed E-state index contributed by atoms with van der Waals surface area (Å²) in [5.41, 5.74) is 0. The second-order valence-corrected chi connectivity index (χ2v) is 2.74. The van der Waals surface area contributed by atoms with Crippen LogP contribution in [0.5, 0.6) is 0 Å². The zero-order valence-electron chi connectivity index (χ0n) is 6.36. The van der Waals surface area contributed by atoms with Crippen molar-refractivity contribution < 1.29 is 4.39 Å². The van der Waals surface area contributed by atoms with Gasteiger partial charge in [-0.05, 0) is 6.54 Å². The van der Waals surface area contributed by atoms with Gasteiger partial charge in [0.1, 0.15) is 6.17 Å². The molecule has 0 aromatic carbocycles. The van der Waals surface area contributed by atoms with Gasteiger partial charge >= 0.3 is 0 Å². The SMILES string of the molecule is CCNCC1CNCC1F. The predicted molar refractivity (Wildman–Crippen MR) is 39.8 cm³/mol. The molecule has 0 radical (unpaired) electrons. The quantitative estimate of drug-likeness (QED) is 0.592. The van der Waals surface area contributed by atoms with Crippen molar-refractivity contribution in [3.63, 3.8) is 0 Å². The Morgan fingerprint density at radius 2 is 2.40 bits per heavy atom. The lowest BCUT2D eigenvalue weighted by Crippen LogP contribution is -2.28. The molecular formula is C7H15FN2. The van der Waals surface area contributed by atoms with E-state index in [4.69, 9.17) is 0 Å². The normalized spacial score (nSPS) is 33.0. The molecule has 2 unspecified atom stereocenters. The van der Waals surface area contributed by atoms with Gasteiger partial charge in [0.2, 0.25) is 0 Å². The van der Waals surface area contributed by atoms with Gasteiger partial charge in [-0.25, -0.2) is 4.39 Å². The maximum Gasteiger partial charge on any atom is 0.118 e. The third-order valence-electron chi connectivity index (χ3n) is 1.91. The molecule has 0 bridgehead atoms. The van der Waals surface area contributed by atoms with E-state index < -0.39 is 6.17 Å². The van der Waals surface area contributed by atoms with E-state index in [-0.39, 0.29) is 5.92 Å². The Hall–Kier alpha value is -0.150. The van der Waals surface area contributed by atoms with Crippen LogP contribution in [0.25, 0.3) is 0 Å². The van der Waals surface area contributed by atoms with Crippen molar-refractivity contribution in [2.24, 2.45) is 5.92 Å². The van der Waals surface area contributed by atoms with Crippen LogP contribution < -0.4 is 10.6 Å². The van der Waals surface area contributed by atoms with Crippen molar-refractivity contribution in [3.8, 4) is 0 Å². The van der Waals surface area contributed by atoms with Crippen molar-refractivity contribution >= 4 is 0 Å². The summed E-state index contributed by atoms with van der Waals surface area (Å²) < 4.78 is 12.8. The average molecular weight is 146 g/mol. The van der Waals surface area contributed by atoms with Crippen LogP contribution in [0.1, 0.15) is 6.92 Å². The van der Waals surface area contributed by atoms with E-state index in [1.165, 1.54) is 0 Å². The van der Waals surface area contributed by atoms with Crippen LogP contribution in [0.3, 0.4) is 0 Å². The summed E-state index contributed by atoms with van der Waals surface area (Å²) in [4.78, 5) is 0. The zero-order valence-corrected chi connectivity index (χ0v) is 6.36. The highest BCUT2D eigenvalue weighted by Gasteiger charge is 2.25. The molecule has 0 saturated carbocycles. The van der Waals surface area contributed by atoms with Crippen LogP contribution in [0.15, 0.2) is 0 Å². The molecule has 0 aliphatic carbocycles. The first-order valence-corrected chi connectivity index (χ1v) is 3.90. The van der Waals surface area contributed by atoms with E-state index in [9.17, 15) is 4.39 Å². The fourth-order valence-electron chi connectivity index (χ4n) is 1.23. The number of halogens is 1. The van der Waals surface area contributed by atoms with Gasteiger partial charge in [-0.1, -0.05) is 6.92 Å². The number of alkyl halides is 1. The van der Waals surface area contributed by atoms with Crippen molar-refractivity contribution in [1.82, 2.24) is 10.6 Å². The number of hydrogen-bond donors (Lipinski definition) is 2. The Kier molecular flexibility index (Phi) is 3.09. The molecule has 1 aliphatic rings. The van der Waals surface area contributed by atoms with E-state index in [0.29, 0.717) is 6.54 Å². The van der Waals surface area contributed by atoms with Crippen LogP contribution in [-0.4, -0.2) is 32.4 Å². The molecular weight excluding hydrogens is 131 g/mol. The molecule has 0 aromatic heterocycles. The van der Waals surface area contributed by atoms with E-state index in [2.05, 4.69) is 10.6 Å². The highest BCUT2D eigenvalue weighted by molar-refractivity contribution is 4.81. The first kappa shape index (κ1) is 7.95. The van der Waals surface area contributed by atoms with Gasteiger partial charge in [0.15, 0.2) is 0 Å². The second kappa shape index (κ2) is 3.88. The summed E-state index contributed by atoms with van der Waals surface area (Å²) in [6, 6.07) is 0. The first-order chi connectivity index (χ1) is 4.84.